The highest BCUT2D eigenvalue weighted by atomic mass is 32.2. The van der Waals surface area contributed by atoms with Crippen molar-refractivity contribution in [2.75, 3.05) is 11.9 Å². The lowest BCUT2D eigenvalue weighted by molar-refractivity contribution is -0.146. The van der Waals surface area contributed by atoms with E-state index in [1.807, 2.05) is 73.0 Å². The lowest BCUT2D eigenvalue weighted by Gasteiger charge is -2.14. The molecule has 0 saturated carbocycles. The Morgan fingerprint density at radius 3 is 2.59 bits per heavy atom. The molecule has 4 rings (SSSR count). The number of ether oxygens (including phenoxy) is 1. The lowest BCUT2D eigenvalue weighted by atomic mass is 10.1. The average molecular weight is 446 g/mol. The van der Waals surface area contributed by atoms with Crippen molar-refractivity contribution >= 4 is 29.5 Å². The zero-order chi connectivity index (χ0) is 22.7. The largest absolute Gasteiger partial charge is 0.455 e. The summed E-state index contributed by atoms with van der Waals surface area (Å²) in [6.45, 7) is 3.90. The summed E-state index contributed by atoms with van der Waals surface area (Å²) in [6, 6.07) is 19.9. The van der Waals surface area contributed by atoms with Gasteiger partial charge in [0.25, 0.3) is 5.91 Å². The topological polar surface area (TPSA) is 84.1 Å². The predicted molar refractivity (Wildman–Crippen MR) is 124 cm³/mol. The number of carbonyl (C=O) groups excluding carboxylic acids is 2. The first kappa shape index (κ1) is 21.7. The van der Waals surface area contributed by atoms with Gasteiger partial charge in [0.2, 0.25) is 0 Å². The molecule has 1 unspecified atom stereocenters. The maximum Gasteiger partial charge on any atom is 0.320 e. The minimum absolute atomic E-state index is 0.346. The van der Waals surface area contributed by atoms with Crippen LogP contribution in [0.5, 0.6) is 0 Å². The van der Waals surface area contributed by atoms with Gasteiger partial charge in [-0.3, -0.25) is 9.59 Å². The maximum atomic E-state index is 12.6. The predicted octanol–water partition coefficient (Wildman–Crippen LogP) is 4.22. The van der Waals surface area contributed by atoms with Gasteiger partial charge in [-0.1, -0.05) is 48.5 Å². The molecule has 2 aromatic carbocycles. The van der Waals surface area contributed by atoms with Crippen LogP contribution in [-0.2, 0) is 27.3 Å². The molecule has 32 heavy (non-hydrogen) atoms. The van der Waals surface area contributed by atoms with Gasteiger partial charge in [0, 0.05) is 17.1 Å². The summed E-state index contributed by atoms with van der Waals surface area (Å²) in [5.41, 5.74) is 4.30. The van der Waals surface area contributed by atoms with Gasteiger partial charge in [0.1, 0.15) is 17.1 Å². The third-order valence-corrected chi connectivity index (χ3v) is 6.93. The fraction of sp³-hybridized carbons (Fsp3) is 0.240. The summed E-state index contributed by atoms with van der Waals surface area (Å²) in [4.78, 5) is 26.2. The summed E-state index contributed by atoms with van der Waals surface area (Å²) >= 11 is 1.46. The van der Waals surface area contributed by atoms with Crippen LogP contribution in [0.15, 0.2) is 59.5 Å². The van der Waals surface area contributed by atoms with Gasteiger partial charge < -0.3 is 14.6 Å². The number of hydrogen-bond donors (Lipinski definition) is 1. The molecule has 6 nitrogen and oxygen atoms in total. The van der Waals surface area contributed by atoms with Crippen molar-refractivity contribution in [1.82, 2.24) is 4.57 Å². The van der Waals surface area contributed by atoms with Crippen molar-refractivity contribution in [2.24, 2.45) is 0 Å². The Morgan fingerprint density at radius 2 is 1.88 bits per heavy atom. The van der Waals surface area contributed by atoms with E-state index < -0.39 is 18.5 Å². The van der Waals surface area contributed by atoms with Gasteiger partial charge in [0.15, 0.2) is 6.61 Å². The average Bonchev–Trinajstić information content (AvgIpc) is 3.33. The van der Waals surface area contributed by atoms with Crippen molar-refractivity contribution in [3.63, 3.8) is 0 Å². The molecule has 1 amide bonds. The van der Waals surface area contributed by atoms with Gasteiger partial charge in [-0.25, -0.2) is 0 Å². The van der Waals surface area contributed by atoms with Crippen LogP contribution in [0.2, 0.25) is 0 Å². The molecule has 0 bridgehead atoms. The number of nitriles is 1. The number of hydrogen-bond acceptors (Lipinski definition) is 5. The van der Waals surface area contributed by atoms with Crippen molar-refractivity contribution in [3.8, 4) is 6.07 Å². The number of rotatable bonds is 6. The van der Waals surface area contributed by atoms with E-state index in [0.29, 0.717) is 24.3 Å². The normalized spacial score (nSPS) is 14.5. The monoisotopic (exact) mass is 445 g/mol. The maximum absolute atomic E-state index is 12.6. The number of anilines is 1. The Morgan fingerprint density at radius 1 is 1.16 bits per heavy atom. The highest BCUT2D eigenvalue weighted by Crippen LogP contribution is 2.37. The zero-order valence-corrected chi connectivity index (χ0v) is 18.7. The number of nitrogens with zero attached hydrogens (tertiary/aromatic N) is 2. The molecule has 3 aromatic rings. The highest BCUT2D eigenvalue weighted by molar-refractivity contribution is 8.01. The van der Waals surface area contributed by atoms with Crippen LogP contribution >= 0.6 is 11.8 Å². The summed E-state index contributed by atoms with van der Waals surface area (Å²) in [5, 5.41) is 12.1. The molecule has 0 saturated heterocycles. The minimum Gasteiger partial charge on any atom is -0.455 e. The number of esters is 1. The first-order valence-corrected chi connectivity index (χ1v) is 11.2. The molecular formula is C25H23N3O3S. The molecule has 2 heterocycles. The second kappa shape index (κ2) is 9.33. The molecule has 1 aromatic heterocycles. The van der Waals surface area contributed by atoms with E-state index in [9.17, 15) is 14.9 Å². The van der Waals surface area contributed by atoms with E-state index in [0.717, 1.165) is 27.3 Å². The van der Waals surface area contributed by atoms with Gasteiger partial charge in [-0.05, 0) is 43.0 Å². The standard InChI is InChI=1S/C25H23N3O3S/c1-16-17(2)28(14-18-8-4-3-5-9-18)24(20(16)13-26)27-23(29)15-31-25(30)22-12-19-10-6-7-11-21(19)32-22/h3-11,22H,12,14-15H2,1-2H3,(H,27,29). The Kier molecular flexibility index (Phi) is 6.33. The molecule has 1 aliphatic rings. The first-order valence-electron chi connectivity index (χ1n) is 10.3. The van der Waals surface area contributed by atoms with Crippen molar-refractivity contribution in [3.05, 3.63) is 82.5 Å². The van der Waals surface area contributed by atoms with Crippen LogP contribution < -0.4 is 5.32 Å². The number of benzene rings is 2. The molecule has 0 spiro atoms. The molecule has 162 valence electrons. The zero-order valence-electron chi connectivity index (χ0n) is 17.9. The van der Waals surface area contributed by atoms with E-state index in [1.54, 1.807) is 0 Å². The molecule has 1 N–H and O–H groups in total. The van der Waals surface area contributed by atoms with Crippen LogP contribution in [0, 0.1) is 25.2 Å². The van der Waals surface area contributed by atoms with Gasteiger partial charge >= 0.3 is 5.97 Å². The molecule has 0 radical (unpaired) electrons. The smallest absolute Gasteiger partial charge is 0.320 e. The van der Waals surface area contributed by atoms with E-state index in [-0.39, 0.29) is 5.25 Å². The van der Waals surface area contributed by atoms with Crippen molar-refractivity contribution in [2.45, 2.75) is 37.0 Å². The van der Waals surface area contributed by atoms with Crippen LogP contribution in [0.1, 0.15) is 27.9 Å². The summed E-state index contributed by atoms with van der Waals surface area (Å²) in [6.07, 6.45) is 0.595. The van der Waals surface area contributed by atoms with Crippen molar-refractivity contribution < 1.29 is 14.3 Å². The number of nitrogens with one attached hydrogen (secondary N) is 1. The highest BCUT2D eigenvalue weighted by Gasteiger charge is 2.30. The second-order valence-corrected chi connectivity index (χ2v) is 8.94. The van der Waals surface area contributed by atoms with Gasteiger partial charge in [0.05, 0.1) is 5.56 Å². The minimum atomic E-state index is -0.470. The molecule has 1 aliphatic heterocycles. The quantitative estimate of drug-likeness (QED) is 0.574. The Balaban J connectivity index is 1.43. The van der Waals surface area contributed by atoms with Crippen LogP contribution in [0.3, 0.4) is 0 Å². The molecule has 0 aliphatic carbocycles. The lowest BCUT2D eigenvalue weighted by Crippen LogP contribution is -2.27. The number of fused-ring (bicyclic) bond motifs is 1. The summed E-state index contributed by atoms with van der Waals surface area (Å²) < 4.78 is 7.21. The third kappa shape index (κ3) is 4.41. The third-order valence-electron chi connectivity index (χ3n) is 5.64. The Hall–Kier alpha value is -3.50. The van der Waals surface area contributed by atoms with E-state index in [4.69, 9.17) is 4.74 Å². The summed E-state index contributed by atoms with van der Waals surface area (Å²) in [5.74, 6) is -0.453. The second-order valence-electron chi connectivity index (χ2n) is 7.69. The fourth-order valence-electron chi connectivity index (χ4n) is 3.81. The van der Waals surface area contributed by atoms with Gasteiger partial charge in [-0.15, -0.1) is 11.8 Å². The number of thioether (sulfide) groups is 1. The van der Waals surface area contributed by atoms with Crippen LogP contribution in [0.25, 0.3) is 0 Å². The van der Waals surface area contributed by atoms with Crippen LogP contribution in [-0.4, -0.2) is 28.3 Å². The Labute approximate surface area is 191 Å². The molecule has 1 atom stereocenters. The first-order chi connectivity index (χ1) is 15.5. The molecule has 7 heteroatoms. The van der Waals surface area contributed by atoms with E-state index in [1.165, 1.54) is 11.8 Å². The van der Waals surface area contributed by atoms with Crippen molar-refractivity contribution in [1.29, 1.82) is 5.26 Å². The van der Waals surface area contributed by atoms with Gasteiger partial charge in [-0.2, -0.15) is 5.26 Å². The SMILES string of the molecule is Cc1c(C#N)c(NC(=O)COC(=O)C2Cc3ccccc3S2)n(Cc2ccccc2)c1C. The van der Waals surface area contributed by atoms with E-state index >= 15 is 0 Å². The number of amides is 1. The molecule has 0 fully saturated rings. The fourth-order valence-corrected chi connectivity index (χ4v) is 5.00. The summed E-state index contributed by atoms with van der Waals surface area (Å²) in [7, 11) is 0. The Bertz CT molecular complexity index is 1190. The molecular weight excluding hydrogens is 422 g/mol. The van der Waals surface area contributed by atoms with E-state index in [2.05, 4.69) is 11.4 Å². The number of carbonyl (C=O) groups is 2. The number of aromatic nitrogens is 1. The van der Waals surface area contributed by atoms with Crippen LogP contribution in [0.4, 0.5) is 5.82 Å².